The molecule has 5 nitrogen and oxygen atoms in total. The van der Waals surface area contributed by atoms with Gasteiger partial charge in [0.1, 0.15) is 5.69 Å². The number of halogens is 1. The zero-order valence-electron chi connectivity index (χ0n) is 13.8. The number of benzene rings is 1. The lowest BCUT2D eigenvalue weighted by atomic mass is 10.0. The molecule has 0 saturated heterocycles. The van der Waals surface area contributed by atoms with Gasteiger partial charge in [-0.2, -0.15) is 0 Å². The highest BCUT2D eigenvalue weighted by Crippen LogP contribution is 2.41. The monoisotopic (exact) mass is 387 g/mol. The van der Waals surface area contributed by atoms with E-state index in [-0.39, 0.29) is 11.3 Å². The molecule has 0 fully saturated rings. The van der Waals surface area contributed by atoms with Gasteiger partial charge in [-0.15, -0.1) is 11.3 Å². The summed E-state index contributed by atoms with van der Waals surface area (Å²) in [5.41, 5.74) is 2.56. The number of rotatable bonds is 2. The molecule has 2 aromatic heterocycles. The van der Waals surface area contributed by atoms with Gasteiger partial charge in [0.15, 0.2) is 5.75 Å². The summed E-state index contributed by atoms with van der Waals surface area (Å²) in [6.07, 6.45) is -0.0877. The van der Waals surface area contributed by atoms with E-state index in [0.717, 1.165) is 16.9 Å². The molecule has 0 unspecified atom stereocenters. The molecule has 1 aliphatic heterocycles. The number of aryl methyl sites for hydroxylation is 1. The van der Waals surface area contributed by atoms with Gasteiger partial charge in [0.25, 0.3) is 5.56 Å². The minimum atomic E-state index is -0.833. The van der Waals surface area contributed by atoms with Crippen LogP contribution in [-0.4, -0.2) is 17.8 Å². The molecule has 26 heavy (non-hydrogen) atoms. The van der Waals surface area contributed by atoms with Gasteiger partial charge in [0.05, 0.1) is 17.6 Å². The summed E-state index contributed by atoms with van der Waals surface area (Å²) < 4.78 is 11.7. The van der Waals surface area contributed by atoms with Gasteiger partial charge in [-0.1, -0.05) is 29.8 Å². The van der Waals surface area contributed by atoms with Crippen molar-refractivity contribution in [1.29, 1.82) is 0 Å². The molecule has 1 aromatic carbocycles. The third kappa shape index (κ3) is 2.71. The van der Waals surface area contributed by atoms with Gasteiger partial charge in [0.2, 0.25) is 0 Å². The van der Waals surface area contributed by atoms with Crippen molar-refractivity contribution in [2.75, 3.05) is 7.11 Å². The first kappa shape index (κ1) is 16.9. The van der Waals surface area contributed by atoms with E-state index in [1.165, 1.54) is 18.4 Å². The molecule has 7 heteroatoms. The third-order valence-electron chi connectivity index (χ3n) is 4.34. The van der Waals surface area contributed by atoms with Crippen molar-refractivity contribution in [2.45, 2.75) is 13.0 Å². The second-order valence-electron chi connectivity index (χ2n) is 5.79. The average Bonchev–Trinajstić information content (AvgIpc) is 3.13. The molecule has 3 heterocycles. The van der Waals surface area contributed by atoms with E-state index < -0.39 is 6.16 Å². The van der Waals surface area contributed by atoms with E-state index in [1.54, 1.807) is 28.8 Å². The standard InChI is InChI=1S/C19H14ClNO4S/c1-24-19(23)25-15-10-13(12-4-2-3-5-14(12)20)18(22)21-8-6-11-7-9-26-17(11)16(15)21/h2-5,7,9-10H,6,8H2,1H3. The summed E-state index contributed by atoms with van der Waals surface area (Å²) in [5, 5.41) is 2.43. The molecule has 0 N–H and O–H groups in total. The van der Waals surface area contributed by atoms with E-state index >= 15 is 0 Å². The highest BCUT2D eigenvalue weighted by molar-refractivity contribution is 7.13. The predicted octanol–water partition coefficient (Wildman–Crippen LogP) is 4.60. The van der Waals surface area contributed by atoms with Crippen LogP contribution in [0.3, 0.4) is 0 Å². The lowest BCUT2D eigenvalue weighted by molar-refractivity contribution is 0.121. The number of hydrogen-bond donors (Lipinski definition) is 0. The van der Waals surface area contributed by atoms with Crippen LogP contribution in [0.15, 0.2) is 46.6 Å². The van der Waals surface area contributed by atoms with Crippen molar-refractivity contribution in [3.05, 3.63) is 62.7 Å². The molecule has 0 saturated carbocycles. The van der Waals surface area contributed by atoms with E-state index in [2.05, 4.69) is 4.74 Å². The number of methoxy groups -OCH3 is 1. The zero-order chi connectivity index (χ0) is 18.3. The Bertz CT molecular complexity index is 1070. The largest absolute Gasteiger partial charge is 0.513 e. The summed E-state index contributed by atoms with van der Waals surface area (Å²) in [5.74, 6) is 0.287. The van der Waals surface area contributed by atoms with Crippen LogP contribution in [0.5, 0.6) is 5.75 Å². The quantitative estimate of drug-likeness (QED) is 0.603. The molecule has 0 amide bonds. The summed E-state index contributed by atoms with van der Waals surface area (Å²) in [6, 6.07) is 10.7. The molecule has 0 atom stereocenters. The van der Waals surface area contributed by atoms with Crippen LogP contribution in [-0.2, 0) is 17.7 Å². The van der Waals surface area contributed by atoms with Crippen LogP contribution in [0.25, 0.3) is 21.7 Å². The van der Waals surface area contributed by atoms with E-state index in [9.17, 15) is 9.59 Å². The highest BCUT2D eigenvalue weighted by atomic mass is 35.5. The predicted molar refractivity (Wildman–Crippen MR) is 101 cm³/mol. The van der Waals surface area contributed by atoms with Gasteiger partial charge in [0, 0.05) is 17.1 Å². The number of thiophene rings is 1. The minimum Gasteiger partial charge on any atom is -0.437 e. The van der Waals surface area contributed by atoms with Crippen LogP contribution in [0.2, 0.25) is 5.02 Å². The second kappa shape index (κ2) is 6.63. The number of pyridine rings is 1. The molecule has 1 aliphatic rings. The molecular weight excluding hydrogens is 374 g/mol. The average molecular weight is 388 g/mol. The first-order chi connectivity index (χ1) is 12.6. The maximum atomic E-state index is 13.1. The van der Waals surface area contributed by atoms with E-state index in [1.807, 2.05) is 17.5 Å². The second-order valence-corrected chi connectivity index (χ2v) is 7.11. The first-order valence-corrected chi connectivity index (χ1v) is 9.21. The van der Waals surface area contributed by atoms with E-state index in [4.69, 9.17) is 16.3 Å². The molecule has 0 aliphatic carbocycles. The van der Waals surface area contributed by atoms with Gasteiger partial charge >= 0.3 is 6.16 Å². The maximum absolute atomic E-state index is 13.1. The summed E-state index contributed by atoms with van der Waals surface area (Å²) in [6.45, 7) is 0.508. The smallest absolute Gasteiger partial charge is 0.437 e. The molecule has 0 radical (unpaired) electrons. The Hall–Kier alpha value is -2.57. The zero-order valence-corrected chi connectivity index (χ0v) is 15.4. The minimum absolute atomic E-state index is 0.163. The molecular formula is C19H14ClNO4S. The number of aromatic nitrogens is 1. The molecule has 132 valence electrons. The number of fused-ring (bicyclic) bond motifs is 3. The number of nitrogens with zero attached hydrogens (tertiary/aromatic N) is 1. The van der Waals surface area contributed by atoms with Crippen LogP contribution >= 0.6 is 22.9 Å². The SMILES string of the molecule is COC(=O)Oc1cc(-c2ccccc2Cl)c(=O)n2c1-c1sccc1CC2. The number of carbonyl (C=O) groups excluding carboxylic acids is 1. The first-order valence-electron chi connectivity index (χ1n) is 7.95. The van der Waals surface area contributed by atoms with Crippen molar-refractivity contribution in [3.8, 4) is 27.4 Å². The third-order valence-corrected chi connectivity index (χ3v) is 5.64. The van der Waals surface area contributed by atoms with Gasteiger partial charge in [-0.3, -0.25) is 4.79 Å². The van der Waals surface area contributed by atoms with Gasteiger partial charge in [-0.25, -0.2) is 4.79 Å². The fourth-order valence-electron chi connectivity index (χ4n) is 3.14. The highest BCUT2D eigenvalue weighted by Gasteiger charge is 2.26. The van der Waals surface area contributed by atoms with Gasteiger partial charge < -0.3 is 14.0 Å². The van der Waals surface area contributed by atoms with E-state index in [0.29, 0.717) is 28.4 Å². The van der Waals surface area contributed by atoms with Crippen LogP contribution in [0, 0.1) is 0 Å². The topological polar surface area (TPSA) is 57.5 Å². The number of carbonyl (C=O) groups is 1. The molecule has 4 rings (SSSR count). The van der Waals surface area contributed by atoms with Crippen molar-refractivity contribution >= 4 is 29.1 Å². The van der Waals surface area contributed by atoms with Gasteiger partial charge in [-0.05, 0) is 35.6 Å². The Morgan fingerprint density at radius 2 is 2.04 bits per heavy atom. The Morgan fingerprint density at radius 3 is 2.81 bits per heavy atom. The molecule has 0 spiro atoms. The summed E-state index contributed by atoms with van der Waals surface area (Å²) in [7, 11) is 1.25. The summed E-state index contributed by atoms with van der Waals surface area (Å²) in [4.78, 5) is 25.8. The number of hydrogen-bond acceptors (Lipinski definition) is 5. The molecule has 0 bridgehead atoms. The Kier molecular flexibility index (Phi) is 4.30. The van der Waals surface area contributed by atoms with Crippen molar-refractivity contribution in [1.82, 2.24) is 4.57 Å². The Morgan fingerprint density at radius 1 is 1.23 bits per heavy atom. The molecule has 3 aromatic rings. The normalized spacial score (nSPS) is 12.2. The van der Waals surface area contributed by atoms with Crippen LogP contribution in [0.1, 0.15) is 5.56 Å². The number of ether oxygens (including phenoxy) is 2. The van der Waals surface area contributed by atoms with Crippen LogP contribution in [0.4, 0.5) is 4.79 Å². The maximum Gasteiger partial charge on any atom is 0.513 e. The van der Waals surface area contributed by atoms with Crippen molar-refractivity contribution in [3.63, 3.8) is 0 Å². The lowest BCUT2D eigenvalue weighted by Gasteiger charge is -2.22. The fraction of sp³-hybridized carbons (Fsp3) is 0.158. The Balaban J connectivity index is 2.01. The summed E-state index contributed by atoms with van der Waals surface area (Å²) >= 11 is 7.80. The Labute approximate surface area is 158 Å². The lowest BCUT2D eigenvalue weighted by Crippen LogP contribution is -2.28. The van der Waals surface area contributed by atoms with Crippen LogP contribution < -0.4 is 10.3 Å². The van der Waals surface area contributed by atoms with Crippen molar-refractivity contribution < 1.29 is 14.3 Å². The van der Waals surface area contributed by atoms with Crippen molar-refractivity contribution in [2.24, 2.45) is 0 Å². The fourth-order valence-corrected chi connectivity index (χ4v) is 4.39.